The summed E-state index contributed by atoms with van der Waals surface area (Å²) in [4.78, 5) is 30.1. The van der Waals surface area contributed by atoms with Crippen LogP contribution in [0.15, 0.2) is 66.9 Å². The lowest BCUT2D eigenvalue weighted by atomic mass is 9.85. The van der Waals surface area contributed by atoms with Crippen LogP contribution in [0, 0.1) is 5.92 Å². The third-order valence-corrected chi connectivity index (χ3v) is 11.8. The molecule has 5 aromatic rings. The number of carbonyl (C=O) groups is 2. The first-order valence-corrected chi connectivity index (χ1v) is 19.4. The van der Waals surface area contributed by atoms with Gasteiger partial charge in [-0.15, -0.1) is 0 Å². The summed E-state index contributed by atoms with van der Waals surface area (Å²) in [6.45, 7) is 2.24. The van der Waals surface area contributed by atoms with E-state index in [2.05, 4.69) is 40.8 Å². The smallest absolute Gasteiger partial charge is 0.306 e. The quantitative estimate of drug-likeness (QED) is 0.104. The molecule has 0 radical (unpaired) electrons. The zero-order valence-electron chi connectivity index (χ0n) is 31.3. The lowest BCUT2D eigenvalue weighted by molar-refractivity contribution is -0.143. The molecule has 288 valence electrons. The molecule has 0 spiro atoms. The van der Waals surface area contributed by atoms with Crippen LogP contribution in [0.4, 0.5) is 0 Å². The molecule has 11 nitrogen and oxygen atoms in total. The van der Waals surface area contributed by atoms with Crippen molar-refractivity contribution in [2.24, 2.45) is 5.92 Å². The van der Waals surface area contributed by atoms with E-state index >= 15 is 0 Å². The first kappa shape index (κ1) is 38.6. The number of aromatic nitrogens is 3. The fourth-order valence-corrected chi connectivity index (χ4v) is 8.52. The largest absolute Gasteiger partial charge is 0.496 e. The number of methoxy groups -OCH3 is 2. The summed E-state index contributed by atoms with van der Waals surface area (Å²) >= 11 is 14.1. The highest BCUT2D eigenvalue weighted by Gasteiger charge is 2.29. The van der Waals surface area contributed by atoms with Gasteiger partial charge in [0, 0.05) is 65.8 Å². The molecule has 0 bridgehead atoms. The summed E-state index contributed by atoms with van der Waals surface area (Å²) in [5.74, 6) is 0.415. The average Bonchev–Trinajstić information content (AvgIpc) is 3.81. The number of carboxylic acids is 1. The average molecular weight is 786 g/mol. The number of carbonyl (C=O) groups excluding carboxylic acids is 1. The number of ether oxygens (including phenoxy) is 2. The Hall–Kier alpha value is -4.68. The van der Waals surface area contributed by atoms with Crippen molar-refractivity contribution in [1.29, 1.82) is 0 Å². The van der Waals surface area contributed by atoms with Crippen LogP contribution in [-0.2, 0) is 29.2 Å². The number of amides is 1. The van der Waals surface area contributed by atoms with Crippen LogP contribution in [0.2, 0.25) is 10.0 Å². The Morgan fingerprint density at radius 2 is 1.75 bits per heavy atom. The second kappa shape index (κ2) is 17.0. The minimum absolute atomic E-state index is 0.110. The zero-order chi connectivity index (χ0) is 38.6. The van der Waals surface area contributed by atoms with Crippen molar-refractivity contribution in [3.8, 4) is 33.9 Å². The maximum atomic E-state index is 11.6. The van der Waals surface area contributed by atoms with Crippen LogP contribution < -0.4 is 20.1 Å². The second-order valence-electron chi connectivity index (χ2n) is 14.5. The highest BCUT2D eigenvalue weighted by molar-refractivity contribution is 6.36. The van der Waals surface area contributed by atoms with Crippen LogP contribution in [0.25, 0.3) is 33.2 Å². The summed E-state index contributed by atoms with van der Waals surface area (Å²) in [5, 5.41) is 22.7. The summed E-state index contributed by atoms with van der Waals surface area (Å²) < 4.78 is 13.4. The number of halogens is 2. The van der Waals surface area contributed by atoms with Gasteiger partial charge < -0.3 is 25.2 Å². The number of carboxylic acid groups (broad SMARTS) is 1. The second-order valence-corrected chi connectivity index (χ2v) is 15.3. The van der Waals surface area contributed by atoms with Gasteiger partial charge >= 0.3 is 5.97 Å². The van der Waals surface area contributed by atoms with Crippen molar-refractivity contribution in [1.82, 2.24) is 30.3 Å². The van der Waals surface area contributed by atoms with Crippen LogP contribution in [0.5, 0.6) is 11.6 Å². The maximum absolute atomic E-state index is 11.6. The highest BCUT2D eigenvalue weighted by Crippen LogP contribution is 2.40. The van der Waals surface area contributed by atoms with E-state index < -0.39 is 5.97 Å². The number of hydrogen-bond donors (Lipinski definition) is 3. The van der Waals surface area contributed by atoms with Gasteiger partial charge in [-0.2, -0.15) is 5.10 Å². The molecule has 1 aliphatic heterocycles. The topological polar surface area (TPSA) is 131 Å². The van der Waals surface area contributed by atoms with Gasteiger partial charge in [0.1, 0.15) is 5.75 Å². The van der Waals surface area contributed by atoms with E-state index in [-0.39, 0.29) is 23.9 Å². The van der Waals surface area contributed by atoms with Crippen molar-refractivity contribution in [3.63, 3.8) is 0 Å². The molecule has 1 saturated heterocycles. The molecule has 2 aromatic heterocycles. The summed E-state index contributed by atoms with van der Waals surface area (Å²) in [7, 11) is 5.33. The number of benzene rings is 3. The third-order valence-electron chi connectivity index (χ3n) is 11.0. The SMILES string of the molecule is COc1cc(-c2cccc(-c3cccc4c3cnn4Cc3nc(OC)c(CN(C)[C@H]4CC[C@H](C(=O)O)CC4)cc3Cl)c2Cl)ccc1CNC[C@@H]1CCC(=O)N1. The Bertz CT molecular complexity index is 2200. The first-order chi connectivity index (χ1) is 26.6. The molecule has 0 unspecified atom stereocenters. The van der Waals surface area contributed by atoms with E-state index in [9.17, 15) is 14.7 Å². The lowest BCUT2D eigenvalue weighted by Gasteiger charge is -2.33. The molecular formula is C42H46Cl2N6O5. The number of aliphatic carboxylic acids is 1. The Morgan fingerprint density at radius 3 is 2.47 bits per heavy atom. The van der Waals surface area contributed by atoms with Gasteiger partial charge in [-0.3, -0.25) is 19.2 Å². The molecule has 55 heavy (non-hydrogen) atoms. The third kappa shape index (κ3) is 8.45. The Kier molecular flexibility index (Phi) is 11.9. The van der Waals surface area contributed by atoms with Gasteiger partial charge in [0.2, 0.25) is 11.8 Å². The molecule has 1 saturated carbocycles. The fourth-order valence-electron chi connectivity index (χ4n) is 7.95. The van der Waals surface area contributed by atoms with Crippen LogP contribution in [-0.4, -0.2) is 76.5 Å². The molecule has 13 heteroatoms. The van der Waals surface area contributed by atoms with E-state index in [0.717, 1.165) is 69.3 Å². The maximum Gasteiger partial charge on any atom is 0.306 e. The van der Waals surface area contributed by atoms with Crippen molar-refractivity contribution < 1.29 is 24.2 Å². The summed E-state index contributed by atoms with van der Waals surface area (Å²) in [6.07, 6.45) is 6.32. The molecule has 1 atom stereocenters. The Morgan fingerprint density at radius 1 is 0.982 bits per heavy atom. The molecule has 3 heterocycles. The lowest BCUT2D eigenvalue weighted by Crippen LogP contribution is -2.36. The molecule has 2 fully saturated rings. The molecule has 3 N–H and O–H groups in total. The van der Waals surface area contributed by atoms with Gasteiger partial charge in [0.05, 0.1) is 54.1 Å². The molecular weight excluding hydrogens is 739 g/mol. The van der Waals surface area contributed by atoms with Crippen LogP contribution in [0.3, 0.4) is 0 Å². The summed E-state index contributed by atoms with van der Waals surface area (Å²) in [6, 6.07) is 20.6. The van der Waals surface area contributed by atoms with Crippen molar-refractivity contribution in [2.75, 3.05) is 27.8 Å². The van der Waals surface area contributed by atoms with Gasteiger partial charge in [0.25, 0.3) is 0 Å². The fraction of sp³-hybridized carbons (Fsp3) is 0.381. The number of rotatable bonds is 14. The van der Waals surface area contributed by atoms with E-state index in [4.69, 9.17) is 42.8 Å². The number of nitrogens with one attached hydrogen (secondary N) is 2. The number of hydrogen-bond acceptors (Lipinski definition) is 8. The zero-order valence-corrected chi connectivity index (χ0v) is 32.8. The number of pyridine rings is 1. The van der Waals surface area contributed by atoms with Crippen molar-refractivity contribution in [2.45, 2.75) is 70.2 Å². The van der Waals surface area contributed by atoms with Gasteiger partial charge in [-0.1, -0.05) is 65.7 Å². The van der Waals surface area contributed by atoms with E-state index in [0.29, 0.717) is 67.1 Å². The van der Waals surface area contributed by atoms with Crippen LogP contribution in [0.1, 0.15) is 55.3 Å². The van der Waals surface area contributed by atoms with E-state index in [1.54, 1.807) is 14.2 Å². The van der Waals surface area contributed by atoms with E-state index in [1.165, 1.54) is 0 Å². The number of nitrogens with zero attached hydrogens (tertiary/aromatic N) is 4. The van der Waals surface area contributed by atoms with Gasteiger partial charge in [-0.25, -0.2) is 4.98 Å². The van der Waals surface area contributed by atoms with Crippen LogP contribution >= 0.6 is 23.2 Å². The first-order valence-electron chi connectivity index (χ1n) is 18.7. The Balaban J connectivity index is 1.09. The minimum atomic E-state index is -0.703. The van der Waals surface area contributed by atoms with Crippen molar-refractivity contribution in [3.05, 3.63) is 93.7 Å². The van der Waals surface area contributed by atoms with Crippen molar-refractivity contribution >= 4 is 46.0 Å². The molecule has 1 amide bonds. The van der Waals surface area contributed by atoms with Gasteiger partial charge in [0.15, 0.2) is 0 Å². The molecule has 2 aliphatic rings. The summed E-state index contributed by atoms with van der Waals surface area (Å²) in [5.41, 5.74) is 7.11. The predicted octanol–water partition coefficient (Wildman–Crippen LogP) is 7.58. The standard InChI is InChI=1S/C42H46Cl2N6O5/c1-49(30-15-12-25(13-16-30)42(52)53)23-28-18-35(43)36(48-41(28)55-3)24-50-37-9-5-7-32(34(37)22-46-50)33-8-4-6-31(40(33)44)26-10-11-27(38(19-26)54-2)20-45-21-29-14-17-39(51)47-29/h4-11,18-19,22,25,29-30,45H,12-17,20-21,23-24H2,1-3H3,(H,47,51)(H,52,53)/t25-,29-,30-/m0/s1. The Labute approximate surface area is 330 Å². The monoisotopic (exact) mass is 784 g/mol. The predicted molar refractivity (Wildman–Crippen MR) is 215 cm³/mol. The van der Waals surface area contributed by atoms with Gasteiger partial charge in [-0.05, 0) is 68.5 Å². The normalized spacial score (nSPS) is 18.5. The minimum Gasteiger partial charge on any atom is -0.496 e. The molecule has 7 rings (SSSR count). The molecule has 3 aromatic carbocycles. The molecule has 1 aliphatic carbocycles. The highest BCUT2D eigenvalue weighted by atomic mass is 35.5. The van der Waals surface area contributed by atoms with E-state index in [1.807, 2.05) is 53.3 Å². The number of fused-ring (bicyclic) bond motifs is 1.